The predicted octanol–water partition coefficient (Wildman–Crippen LogP) is 3.19. The van der Waals surface area contributed by atoms with Crippen LogP contribution < -0.4 is 0 Å². The maximum absolute atomic E-state index is 12.6. The van der Waals surface area contributed by atoms with Gasteiger partial charge < -0.3 is 4.90 Å². The zero-order chi connectivity index (χ0) is 14.8. The van der Waals surface area contributed by atoms with Crippen molar-refractivity contribution >= 4 is 5.91 Å². The van der Waals surface area contributed by atoms with Crippen molar-refractivity contribution < 1.29 is 4.79 Å². The molecule has 2 heterocycles. The highest BCUT2D eigenvalue weighted by atomic mass is 16.2. The van der Waals surface area contributed by atoms with Crippen LogP contribution in [0.25, 0.3) is 11.3 Å². The molecule has 3 rings (SSSR count). The molecule has 110 valence electrons. The number of likely N-dealkylation sites (tertiary alicyclic amines) is 1. The Kier molecular flexibility index (Phi) is 3.78. The SMILES string of the molecule is CC1CC(C)CN(C(=O)c2cc(-c3ccccc3)n[nH]2)C1. The van der Waals surface area contributed by atoms with Crippen LogP contribution in [0, 0.1) is 11.8 Å². The lowest BCUT2D eigenvalue weighted by Crippen LogP contribution is -2.42. The van der Waals surface area contributed by atoms with Crippen molar-refractivity contribution in [2.75, 3.05) is 13.1 Å². The smallest absolute Gasteiger partial charge is 0.271 e. The van der Waals surface area contributed by atoms with Crippen LogP contribution in [0.3, 0.4) is 0 Å². The number of nitrogens with one attached hydrogen (secondary N) is 1. The highest BCUT2D eigenvalue weighted by Crippen LogP contribution is 2.23. The Hall–Kier alpha value is -2.10. The zero-order valence-corrected chi connectivity index (χ0v) is 12.5. The lowest BCUT2D eigenvalue weighted by molar-refractivity contribution is 0.0617. The van der Waals surface area contributed by atoms with E-state index in [2.05, 4.69) is 24.0 Å². The Morgan fingerprint density at radius 1 is 1.19 bits per heavy atom. The first-order valence-electron chi connectivity index (χ1n) is 7.53. The molecule has 4 nitrogen and oxygen atoms in total. The number of benzene rings is 1. The number of carbonyl (C=O) groups excluding carboxylic acids is 1. The molecule has 1 aliphatic heterocycles. The normalized spacial score (nSPS) is 22.3. The van der Waals surface area contributed by atoms with Gasteiger partial charge in [-0.15, -0.1) is 0 Å². The number of carbonyl (C=O) groups is 1. The maximum atomic E-state index is 12.6. The van der Waals surface area contributed by atoms with Gasteiger partial charge in [-0.25, -0.2) is 0 Å². The van der Waals surface area contributed by atoms with Crippen LogP contribution in [-0.4, -0.2) is 34.1 Å². The number of rotatable bonds is 2. The summed E-state index contributed by atoms with van der Waals surface area (Å²) in [6.45, 7) is 6.09. The van der Waals surface area contributed by atoms with Gasteiger partial charge in [-0.05, 0) is 24.3 Å². The number of hydrogen-bond acceptors (Lipinski definition) is 2. The molecule has 0 saturated carbocycles. The van der Waals surface area contributed by atoms with Gasteiger partial charge in [0, 0.05) is 18.7 Å². The molecule has 1 aromatic carbocycles. The molecule has 0 radical (unpaired) electrons. The summed E-state index contributed by atoms with van der Waals surface area (Å²) in [7, 11) is 0. The molecule has 2 atom stereocenters. The van der Waals surface area contributed by atoms with Gasteiger partial charge in [-0.1, -0.05) is 44.2 Å². The molecule has 0 bridgehead atoms. The Labute approximate surface area is 125 Å². The quantitative estimate of drug-likeness (QED) is 0.920. The molecule has 1 saturated heterocycles. The lowest BCUT2D eigenvalue weighted by Gasteiger charge is -2.34. The number of H-pyrrole nitrogens is 1. The third-order valence-corrected chi connectivity index (χ3v) is 4.03. The number of amides is 1. The Morgan fingerprint density at radius 3 is 2.52 bits per heavy atom. The minimum atomic E-state index is 0.0584. The van der Waals surface area contributed by atoms with Crippen molar-refractivity contribution in [1.82, 2.24) is 15.1 Å². The molecule has 1 aliphatic rings. The van der Waals surface area contributed by atoms with Gasteiger partial charge >= 0.3 is 0 Å². The molecular formula is C17H21N3O. The maximum Gasteiger partial charge on any atom is 0.271 e. The van der Waals surface area contributed by atoms with Crippen molar-refractivity contribution in [3.63, 3.8) is 0 Å². The van der Waals surface area contributed by atoms with E-state index in [1.165, 1.54) is 6.42 Å². The van der Waals surface area contributed by atoms with Crippen LogP contribution >= 0.6 is 0 Å². The van der Waals surface area contributed by atoms with Crippen molar-refractivity contribution in [2.24, 2.45) is 11.8 Å². The zero-order valence-electron chi connectivity index (χ0n) is 12.5. The summed E-state index contributed by atoms with van der Waals surface area (Å²) >= 11 is 0. The van der Waals surface area contributed by atoms with Crippen molar-refractivity contribution in [3.05, 3.63) is 42.1 Å². The summed E-state index contributed by atoms with van der Waals surface area (Å²) in [4.78, 5) is 14.5. The molecule has 2 aromatic rings. The van der Waals surface area contributed by atoms with E-state index in [0.717, 1.165) is 24.3 Å². The highest BCUT2D eigenvalue weighted by Gasteiger charge is 2.27. The summed E-state index contributed by atoms with van der Waals surface area (Å²) in [5, 5.41) is 7.16. The number of nitrogens with zero attached hydrogens (tertiary/aromatic N) is 2. The van der Waals surface area contributed by atoms with Gasteiger partial charge in [0.2, 0.25) is 0 Å². The average molecular weight is 283 g/mol. The fourth-order valence-electron chi connectivity index (χ4n) is 3.19. The number of aromatic amines is 1. The first-order valence-corrected chi connectivity index (χ1v) is 7.53. The van der Waals surface area contributed by atoms with Crippen LogP contribution in [-0.2, 0) is 0 Å². The molecule has 1 fully saturated rings. The largest absolute Gasteiger partial charge is 0.337 e. The van der Waals surface area contributed by atoms with Gasteiger partial charge in [-0.2, -0.15) is 5.10 Å². The van der Waals surface area contributed by atoms with E-state index in [-0.39, 0.29) is 5.91 Å². The average Bonchev–Trinajstić information content (AvgIpc) is 2.96. The van der Waals surface area contributed by atoms with Crippen LogP contribution in [0.2, 0.25) is 0 Å². The second-order valence-electron chi connectivity index (χ2n) is 6.19. The Bertz CT molecular complexity index is 610. The highest BCUT2D eigenvalue weighted by molar-refractivity contribution is 5.93. The molecule has 4 heteroatoms. The molecule has 1 amide bonds. The van der Waals surface area contributed by atoms with Gasteiger partial charge in [0.1, 0.15) is 5.69 Å². The first kappa shape index (κ1) is 13.9. The molecule has 0 spiro atoms. The van der Waals surface area contributed by atoms with Gasteiger partial charge in [-0.3, -0.25) is 9.89 Å². The van der Waals surface area contributed by atoms with Gasteiger partial charge in [0.05, 0.1) is 5.69 Å². The Balaban J connectivity index is 1.78. The van der Waals surface area contributed by atoms with Crippen LogP contribution in [0.5, 0.6) is 0 Å². The summed E-state index contributed by atoms with van der Waals surface area (Å²) in [6, 6.07) is 11.8. The molecule has 1 N–H and O–H groups in total. The van der Waals surface area contributed by atoms with E-state index in [0.29, 0.717) is 17.5 Å². The minimum absolute atomic E-state index is 0.0584. The monoisotopic (exact) mass is 283 g/mol. The van der Waals surface area contributed by atoms with Gasteiger partial charge in [0.15, 0.2) is 0 Å². The minimum Gasteiger partial charge on any atom is -0.337 e. The van der Waals surface area contributed by atoms with Crippen molar-refractivity contribution in [1.29, 1.82) is 0 Å². The Morgan fingerprint density at radius 2 is 1.86 bits per heavy atom. The van der Waals surface area contributed by atoms with Crippen LogP contribution in [0.1, 0.15) is 30.8 Å². The van der Waals surface area contributed by atoms with E-state index in [4.69, 9.17) is 0 Å². The lowest BCUT2D eigenvalue weighted by atomic mass is 9.92. The number of aromatic nitrogens is 2. The summed E-state index contributed by atoms with van der Waals surface area (Å²) in [5.41, 5.74) is 2.42. The summed E-state index contributed by atoms with van der Waals surface area (Å²) in [6.07, 6.45) is 1.20. The second-order valence-corrected chi connectivity index (χ2v) is 6.19. The van der Waals surface area contributed by atoms with Crippen molar-refractivity contribution in [3.8, 4) is 11.3 Å². The third kappa shape index (κ3) is 2.99. The predicted molar refractivity (Wildman–Crippen MR) is 82.9 cm³/mol. The fourth-order valence-corrected chi connectivity index (χ4v) is 3.19. The number of piperidine rings is 1. The van der Waals surface area contributed by atoms with E-state index in [9.17, 15) is 4.79 Å². The third-order valence-electron chi connectivity index (χ3n) is 4.03. The molecular weight excluding hydrogens is 262 g/mol. The summed E-state index contributed by atoms with van der Waals surface area (Å²) < 4.78 is 0. The standard InChI is InChI=1S/C17H21N3O/c1-12-8-13(2)11-20(10-12)17(21)16-9-15(18-19-16)14-6-4-3-5-7-14/h3-7,9,12-13H,8,10-11H2,1-2H3,(H,18,19). The van der Waals surface area contributed by atoms with E-state index in [1.54, 1.807) is 0 Å². The number of hydrogen-bond donors (Lipinski definition) is 1. The molecule has 21 heavy (non-hydrogen) atoms. The van der Waals surface area contributed by atoms with E-state index < -0.39 is 0 Å². The first-order chi connectivity index (χ1) is 10.1. The van der Waals surface area contributed by atoms with Crippen molar-refractivity contribution in [2.45, 2.75) is 20.3 Å². The van der Waals surface area contributed by atoms with E-state index >= 15 is 0 Å². The van der Waals surface area contributed by atoms with Crippen LogP contribution in [0.15, 0.2) is 36.4 Å². The second kappa shape index (κ2) is 5.72. The molecule has 0 aliphatic carbocycles. The topological polar surface area (TPSA) is 49.0 Å². The van der Waals surface area contributed by atoms with E-state index in [1.807, 2.05) is 41.3 Å². The summed E-state index contributed by atoms with van der Waals surface area (Å²) in [5.74, 6) is 1.19. The van der Waals surface area contributed by atoms with Gasteiger partial charge in [0.25, 0.3) is 5.91 Å². The fraction of sp³-hybridized carbons (Fsp3) is 0.412. The van der Waals surface area contributed by atoms with Crippen LogP contribution in [0.4, 0.5) is 0 Å². The molecule has 1 aromatic heterocycles. The molecule has 2 unspecified atom stereocenters.